The van der Waals surface area contributed by atoms with Crippen molar-refractivity contribution in [3.63, 3.8) is 0 Å². The van der Waals surface area contributed by atoms with Gasteiger partial charge in [-0.05, 0) is 48.2 Å². The standard InChI is InChI=1S/C29H33N7O3/c1-38-24-17-21(19-7-9-20(10-8-19)28(37)36-13-15-39-16-14-36)11-12-23(24)33-29-34-26-25(30-18-31-26)27(35-29)32-22-5-3-2-4-6-22/h7-12,17-18,22H,2-6,13-16H2,1H3,(H3,30,31,32,33,34,35). The minimum atomic E-state index is 0.0357. The lowest BCUT2D eigenvalue weighted by Gasteiger charge is -2.26. The third-order valence-corrected chi connectivity index (χ3v) is 7.44. The molecule has 0 bridgehead atoms. The average Bonchev–Trinajstić information content (AvgIpc) is 3.47. The van der Waals surface area contributed by atoms with Crippen molar-refractivity contribution in [1.29, 1.82) is 0 Å². The number of morpholine rings is 1. The molecule has 1 aliphatic heterocycles. The van der Waals surface area contributed by atoms with Crippen molar-refractivity contribution in [3.8, 4) is 16.9 Å². The smallest absolute Gasteiger partial charge is 0.254 e. The first-order valence-electron chi connectivity index (χ1n) is 13.6. The van der Waals surface area contributed by atoms with Crippen molar-refractivity contribution < 1.29 is 14.3 Å². The molecule has 2 aromatic carbocycles. The quantitative estimate of drug-likeness (QED) is 0.308. The Morgan fingerprint density at radius 1 is 1.03 bits per heavy atom. The minimum absolute atomic E-state index is 0.0357. The lowest BCUT2D eigenvalue weighted by Crippen LogP contribution is -2.40. The molecule has 1 aliphatic carbocycles. The number of benzene rings is 2. The van der Waals surface area contributed by atoms with Gasteiger partial charge in [0.15, 0.2) is 11.5 Å². The summed E-state index contributed by atoms with van der Waals surface area (Å²) in [6, 6.07) is 14.0. The lowest BCUT2D eigenvalue weighted by molar-refractivity contribution is 0.0303. The molecule has 1 saturated carbocycles. The number of fused-ring (bicyclic) bond motifs is 1. The Balaban J connectivity index is 1.21. The number of imidazole rings is 1. The first kappa shape index (κ1) is 25.1. The summed E-state index contributed by atoms with van der Waals surface area (Å²) in [7, 11) is 1.64. The highest BCUT2D eigenvalue weighted by Gasteiger charge is 2.20. The Bertz CT molecular complexity index is 1440. The van der Waals surface area contributed by atoms with Crippen molar-refractivity contribution in [3.05, 3.63) is 54.4 Å². The Morgan fingerprint density at radius 2 is 1.79 bits per heavy atom. The largest absolute Gasteiger partial charge is 0.495 e. The van der Waals surface area contributed by atoms with Crippen molar-refractivity contribution in [2.45, 2.75) is 38.1 Å². The Morgan fingerprint density at radius 3 is 2.56 bits per heavy atom. The number of nitrogens with zero attached hydrogens (tertiary/aromatic N) is 4. The van der Waals surface area contributed by atoms with Crippen LogP contribution in [0.3, 0.4) is 0 Å². The van der Waals surface area contributed by atoms with E-state index in [9.17, 15) is 4.79 Å². The maximum atomic E-state index is 12.8. The summed E-state index contributed by atoms with van der Waals surface area (Å²) in [5.74, 6) is 1.89. The number of amides is 1. The number of anilines is 3. The number of nitrogens with one attached hydrogen (secondary N) is 3. The summed E-state index contributed by atoms with van der Waals surface area (Å²) < 4.78 is 11.1. The van der Waals surface area contributed by atoms with E-state index in [-0.39, 0.29) is 5.91 Å². The van der Waals surface area contributed by atoms with Crippen LogP contribution < -0.4 is 15.4 Å². The van der Waals surface area contributed by atoms with Crippen LogP contribution in [-0.2, 0) is 4.74 Å². The van der Waals surface area contributed by atoms with E-state index in [0.717, 1.165) is 41.0 Å². The SMILES string of the molecule is COc1cc(-c2ccc(C(=O)N3CCOCC3)cc2)ccc1Nc1nc(NC2CCCCC2)c2nc[nH]c2n1. The molecule has 2 aromatic heterocycles. The van der Waals surface area contributed by atoms with E-state index in [2.05, 4.69) is 25.6 Å². The van der Waals surface area contributed by atoms with Gasteiger partial charge in [-0.25, -0.2) is 4.98 Å². The number of methoxy groups -OCH3 is 1. The highest BCUT2D eigenvalue weighted by molar-refractivity contribution is 5.95. The number of aromatic amines is 1. The first-order valence-corrected chi connectivity index (χ1v) is 13.6. The van der Waals surface area contributed by atoms with Crippen LogP contribution >= 0.6 is 0 Å². The van der Waals surface area contributed by atoms with E-state index in [4.69, 9.17) is 14.5 Å². The monoisotopic (exact) mass is 527 g/mol. The van der Waals surface area contributed by atoms with E-state index >= 15 is 0 Å². The van der Waals surface area contributed by atoms with Gasteiger partial charge in [0.25, 0.3) is 5.91 Å². The zero-order chi connectivity index (χ0) is 26.6. The van der Waals surface area contributed by atoms with Crippen LogP contribution in [0.4, 0.5) is 17.5 Å². The summed E-state index contributed by atoms with van der Waals surface area (Å²) in [6.07, 6.45) is 7.66. The third kappa shape index (κ3) is 5.51. The van der Waals surface area contributed by atoms with Gasteiger partial charge in [-0.3, -0.25) is 4.79 Å². The van der Waals surface area contributed by atoms with Gasteiger partial charge >= 0.3 is 0 Å². The topological polar surface area (TPSA) is 117 Å². The zero-order valence-corrected chi connectivity index (χ0v) is 22.1. The number of rotatable bonds is 7. The maximum absolute atomic E-state index is 12.8. The summed E-state index contributed by atoms with van der Waals surface area (Å²) in [5, 5.41) is 6.92. The van der Waals surface area contributed by atoms with Crippen molar-refractivity contribution in [2.75, 3.05) is 44.0 Å². The number of H-pyrrole nitrogens is 1. The Kier molecular flexibility index (Phi) is 7.27. The molecule has 0 atom stereocenters. The van der Waals surface area contributed by atoms with E-state index in [1.54, 1.807) is 13.4 Å². The van der Waals surface area contributed by atoms with Gasteiger partial charge in [-0.15, -0.1) is 0 Å². The predicted octanol–water partition coefficient (Wildman–Crippen LogP) is 4.99. The summed E-state index contributed by atoms with van der Waals surface area (Å²) in [5.41, 5.74) is 4.81. The molecule has 6 rings (SSSR count). The second kappa shape index (κ2) is 11.3. The molecule has 10 nitrogen and oxygen atoms in total. The molecule has 3 N–H and O–H groups in total. The van der Waals surface area contributed by atoms with E-state index in [1.807, 2.05) is 47.4 Å². The van der Waals surface area contributed by atoms with Crippen molar-refractivity contribution >= 4 is 34.5 Å². The highest BCUT2D eigenvalue weighted by Crippen LogP contribution is 2.33. The first-order chi connectivity index (χ1) is 19.2. The molecule has 0 unspecified atom stereocenters. The molecule has 1 saturated heterocycles. The van der Waals surface area contributed by atoms with E-state index in [1.165, 1.54) is 19.3 Å². The number of hydrogen-bond acceptors (Lipinski definition) is 8. The number of carbonyl (C=O) groups is 1. The molecular formula is C29H33N7O3. The summed E-state index contributed by atoms with van der Waals surface area (Å²) in [4.78, 5) is 31.6. The number of aromatic nitrogens is 4. The maximum Gasteiger partial charge on any atom is 0.254 e. The van der Waals surface area contributed by atoms with Gasteiger partial charge in [0.05, 0.1) is 32.3 Å². The lowest BCUT2D eigenvalue weighted by atomic mass is 9.95. The zero-order valence-electron chi connectivity index (χ0n) is 22.1. The van der Waals surface area contributed by atoms with Crippen molar-refractivity contribution in [1.82, 2.24) is 24.8 Å². The average molecular weight is 528 g/mol. The van der Waals surface area contributed by atoms with E-state index in [0.29, 0.717) is 55.3 Å². The molecule has 1 amide bonds. The second-order valence-corrected chi connectivity index (χ2v) is 10.00. The molecule has 0 radical (unpaired) electrons. The van der Waals surface area contributed by atoms with Gasteiger partial charge < -0.3 is 30.0 Å². The molecular weight excluding hydrogens is 494 g/mol. The van der Waals surface area contributed by atoms with Crippen LogP contribution in [0.1, 0.15) is 42.5 Å². The van der Waals surface area contributed by atoms with Gasteiger partial charge in [0.2, 0.25) is 5.95 Å². The molecule has 2 aliphatic rings. The van der Waals surface area contributed by atoms with Gasteiger partial charge in [0, 0.05) is 24.7 Å². The molecule has 2 fully saturated rings. The van der Waals surface area contributed by atoms with Crippen LogP contribution in [0.25, 0.3) is 22.3 Å². The molecule has 4 aromatic rings. The van der Waals surface area contributed by atoms with Gasteiger partial charge in [-0.1, -0.05) is 37.5 Å². The van der Waals surface area contributed by atoms with Crippen LogP contribution in [0.2, 0.25) is 0 Å². The number of ether oxygens (including phenoxy) is 2. The van der Waals surface area contributed by atoms with Gasteiger partial charge in [-0.2, -0.15) is 9.97 Å². The highest BCUT2D eigenvalue weighted by atomic mass is 16.5. The summed E-state index contributed by atoms with van der Waals surface area (Å²) >= 11 is 0. The fraction of sp³-hybridized carbons (Fsp3) is 0.379. The van der Waals surface area contributed by atoms with Crippen LogP contribution in [-0.4, -0.2) is 70.2 Å². The minimum Gasteiger partial charge on any atom is -0.495 e. The van der Waals surface area contributed by atoms with Gasteiger partial charge in [0.1, 0.15) is 11.3 Å². The third-order valence-electron chi connectivity index (χ3n) is 7.44. The normalized spacial score (nSPS) is 16.3. The Labute approximate surface area is 227 Å². The Hall–Kier alpha value is -4.18. The fourth-order valence-corrected chi connectivity index (χ4v) is 5.28. The second-order valence-electron chi connectivity index (χ2n) is 10.00. The molecule has 39 heavy (non-hydrogen) atoms. The number of hydrogen-bond donors (Lipinski definition) is 3. The van der Waals surface area contributed by atoms with Crippen LogP contribution in [0.15, 0.2) is 48.8 Å². The molecule has 0 spiro atoms. The molecule has 202 valence electrons. The van der Waals surface area contributed by atoms with Crippen LogP contribution in [0, 0.1) is 0 Å². The predicted molar refractivity (Wildman–Crippen MR) is 151 cm³/mol. The van der Waals surface area contributed by atoms with Crippen LogP contribution in [0.5, 0.6) is 5.75 Å². The summed E-state index contributed by atoms with van der Waals surface area (Å²) in [6.45, 7) is 2.43. The molecule has 3 heterocycles. The van der Waals surface area contributed by atoms with Crippen molar-refractivity contribution in [2.24, 2.45) is 0 Å². The number of carbonyl (C=O) groups excluding carboxylic acids is 1. The van der Waals surface area contributed by atoms with E-state index < -0.39 is 0 Å². The molecule has 10 heteroatoms. The fourth-order valence-electron chi connectivity index (χ4n) is 5.28.